The minimum absolute atomic E-state index is 0.0717. The van der Waals surface area contributed by atoms with E-state index in [2.05, 4.69) is 11.4 Å². The van der Waals surface area contributed by atoms with Gasteiger partial charge in [0.15, 0.2) is 0 Å². The van der Waals surface area contributed by atoms with Crippen molar-refractivity contribution in [2.24, 2.45) is 0 Å². The zero-order valence-electron chi connectivity index (χ0n) is 18.2. The van der Waals surface area contributed by atoms with Crippen molar-refractivity contribution in [3.8, 4) is 0 Å². The third-order valence-electron chi connectivity index (χ3n) is 5.88. The van der Waals surface area contributed by atoms with Gasteiger partial charge in [-0.25, -0.2) is 0 Å². The van der Waals surface area contributed by atoms with Gasteiger partial charge in [0.25, 0.3) is 0 Å². The molecule has 2 aromatic carbocycles. The van der Waals surface area contributed by atoms with Crippen molar-refractivity contribution in [2.75, 3.05) is 0 Å². The lowest BCUT2D eigenvalue weighted by Crippen LogP contribution is -2.51. The van der Waals surface area contributed by atoms with Crippen molar-refractivity contribution >= 4 is 35.0 Å². The number of carbonyl (C=O) groups is 2. The molecule has 0 saturated heterocycles. The quantitative estimate of drug-likeness (QED) is 0.548. The standard InChI is InChI=1S/C25H30Cl2N2O2/c1-3-23(25(31)28-21-9-4-5-10-21)29(16-18-8-6-7-17(2)13-18)24(30)14-19-11-12-20(26)15-22(19)27/h6-8,11-13,15,21,23H,3-5,9-10,14,16H2,1-2H3,(H,28,31)/t23-/m0/s1. The number of carbonyl (C=O) groups excluding carboxylic acids is 2. The second-order valence-corrected chi connectivity index (χ2v) is 9.18. The Morgan fingerprint density at radius 3 is 2.52 bits per heavy atom. The van der Waals surface area contributed by atoms with E-state index in [1.165, 1.54) is 0 Å². The van der Waals surface area contributed by atoms with Gasteiger partial charge >= 0.3 is 0 Å². The summed E-state index contributed by atoms with van der Waals surface area (Å²) in [5.74, 6) is -0.197. The van der Waals surface area contributed by atoms with E-state index in [0.717, 1.165) is 36.8 Å². The fourth-order valence-electron chi connectivity index (χ4n) is 4.22. The molecule has 0 aliphatic heterocycles. The number of hydrogen-bond donors (Lipinski definition) is 1. The van der Waals surface area contributed by atoms with Crippen LogP contribution in [0.3, 0.4) is 0 Å². The van der Waals surface area contributed by atoms with Gasteiger partial charge in [-0.05, 0) is 49.4 Å². The highest BCUT2D eigenvalue weighted by Gasteiger charge is 2.30. The molecule has 0 spiro atoms. The Kier molecular flexibility index (Phi) is 8.39. The van der Waals surface area contributed by atoms with Crippen molar-refractivity contribution in [2.45, 2.75) is 71.0 Å². The molecule has 2 amide bonds. The van der Waals surface area contributed by atoms with E-state index in [1.807, 2.05) is 32.0 Å². The lowest BCUT2D eigenvalue weighted by Gasteiger charge is -2.32. The van der Waals surface area contributed by atoms with Crippen molar-refractivity contribution in [1.82, 2.24) is 10.2 Å². The number of halogens is 2. The fourth-order valence-corrected chi connectivity index (χ4v) is 4.70. The average molecular weight is 461 g/mol. The minimum Gasteiger partial charge on any atom is -0.352 e. The number of nitrogens with one attached hydrogen (secondary N) is 1. The molecular weight excluding hydrogens is 431 g/mol. The van der Waals surface area contributed by atoms with Crippen LogP contribution in [0.25, 0.3) is 0 Å². The van der Waals surface area contributed by atoms with Crippen LogP contribution in [0.5, 0.6) is 0 Å². The summed E-state index contributed by atoms with van der Waals surface area (Å²) in [6, 6.07) is 12.9. The summed E-state index contributed by atoms with van der Waals surface area (Å²) in [5.41, 5.74) is 2.83. The Morgan fingerprint density at radius 1 is 1.13 bits per heavy atom. The van der Waals surface area contributed by atoms with E-state index in [1.54, 1.807) is 23.1 Å². The molecule has 0 bridgehead atoms. The predicted octanol–water partition coefficient (Wildman–Crippen LogP) is 5.71. The van der Waals surface area contributed by atoms with Crippen molar-refractivity contribution in [1.29, 1.82) is 0 Å². The monoisotopic (exact) mass is 460 g/mol. The maximum Gasteiger partial charge on any atom is 0.243 e. The number of aryl methyl sites for hydroxylation is 1. The molecule has 1 saturated carbocycles. The van der Waals surface area contributed by atoms with E-state index in [4.69, 9.17) is 23.2 Å². The first kappa shape index (κ1) is 23.6. The van der Waals surface area contributed by atoms with Crippen molar-refractivity contribution < 1.29 is 9.59 Å². The third kappa shape index (κ3) is 6.47. The zero-order valence-corrected chi connectivity index (χ0v) is 19.7. The van der Waals surface area contributed by atoms with Gasteiger partial charge in [0, 0.05) is 22.6 Å². The molecule has 6 heteroatoms. The van der Waals surface area contributed by atoms with Crippen molar-refractivity contribution in [3.63, 3.8) is 0 Å². The fraction of sp³-hybridized carbons (Fsp3) is 0.440. The molecular formula is C25H30Cl2N2O2. The lowest BCUT2D eigenvalue weighted by atomic mass is 10.1. The van der Waals surface area contributed by atoms with E-state index < -0.39 is 6.04 Å². The highest BCUT2D eigenvalue weighted by atomic mass is 35.5. The maximum atomic E-state index is 13.4. The molecule has 1 atom stereocenters. The Morgan fingerprint density at radius 2 is 1.87 bits per heavy atom. The van der Waals surface area contributed by atoms with Crippen LogP contribution in [0.4, 0.5) is 0 Å². The molecule has 0 aromatic heterocycles. The molecule has 0 unspecified atom stereocenters. The highest BCUT2D eigenvalue weighted by Crippen LogP contribution is 2.24. The molecule has 0 radical (unpaired) electrons. The summed E-state index contributed by atoms with van der Waals surface area (Å²) >= 11 is 12.3. The smallest absolute Gasteiger partial charge is 0.243 e. The largest absolute Gasteiger partial charge is 0.352 e. The van der Waals surface area contributed by atoms with Gasteiger partial charge in [-0.1, -0.05) is 78.9 Å². The second kappa shape index (κ2) is 11.0. The highest BCUT2D eigenvalue weighted by molar-refractivity contribution is 6.35. The van der Waals surface area contributed by atoms with E-state index in [-0.39, 0.29) is 24.3 Å². The molecule has 4 nitrogen and oxygen atoms in total. The SMILES string of the molecule is CC[C@@H](C(=O)NC1CCCC1)N(Cc1cccc(C)c1)C(=O)Cc1ccc(Cl)cc1Cl. The first-order valence-corrected chi connectivity index (χ1v) is 11.7. The topological polar surface area (TPSA) is 49.4 Å². The van der Waals surface area contributed by atoms with Gasteiger partial charge < -0.3 is 10.2 Å². The summed E-state index contributed by atoms with van der Waals surface area (Å²) in [5, 5.41) is 4.15. The molecule has 1 fully saturated rings. The Balaban J connectivity index is 1.84. The zero-order chi connectivity index (χ0) is 22.4. The number of hydrogen-bond acceptors (Lipinski definition) is 2. The molecule has 1 aliphatic carbocycles. The molecule has 3 rings (SSSR count). The normalized spacial score (nSPS) is 15.0. The van der Waals surface area contributed by atoms with Gasteiger partial charge in [-0.15, -0.1) is 0 Å². The van der Waals surface area contributed by atoms with Crippen LogP contribution in [0.15, 0.2) is 42.5 Å². The predicted molar refractivity (Wildman–Crippen MR) is 126 cm³/mol. The first-order valence-electron chi connectivity index (χ1n) is 11.0. The molecule has 1 aliphatic rings. The second-order valence-electron chi connectivity index (χ2n) is 8.34. The van der Waals surface area contributed by atoms with Crippen LogP contribution in [0.1, 0.15) is 55.7 Å². The Labute approximate surface area is 194 Å². The summed E-state index contributed by atoms with van der Waals surface area (Å²) in [6.45, 7) is 4.35. The molecule has 1 N–H and O–H groups in total. The summed E-state index contributed by atoms with van der Waals surface area (Å²) in [7, 11) is 0. The number of benzene rings is 2. The van der Waals surface area contributed by atoms with Gasteiger partial charge in [0.1, 0.15) is 6.04 Å². The number of rotatable bonds is 8. The lowest BCUT2D eigenvalue weighted by molar-refractivity contribution is -0.141. The van der Waals surface area contributed by atoms with Crippen LogP contribution < -0.4 is 5.32 Å². The first-order chi connectivity index (χ1) is 14.9. The van der Waals surface area contributed by atoms with Crippen LogP contribution in [-0.4, -0.2) is 28.8 Å². The van der Waals surface area contributed by atoms with Crippen LogP contribution in [0, 0.1) is 6.92 Å². The third-order valence-corrected chi connectivity index (χ3v) is 6.47. The minimum atomic E-state index is -0.528. The summed E-state index contributed by atoms with van der Waals surface area (Å²) < 4.78 is 0. The van der Waals surface area contributed by atoms with E-state index >= 15 is 0 Å². The van der Waals surface area contributed by atoms with Gasteiger partial charge in [0.2, 0.25) is 11.8 Å². The average Bonchev–Trinajstić information content (AvgIpc) is 3.23. The molecule has 0 heterocycles. The molecule has 31 heavy (non-hydrogen) atoms. The Hall–Kier alpha value is -2.04. The van der Waals surface area contributed by atoms with Crippen LogP contribution in [-0.2, 0) is 22.6 Å². The molecule has 2 aromatic rings. The number of amides is 2. The van der Waals surface area contributed by atoms with E-state index in [0.29, 0.717) is 28.6 Å². The van der Waals surface area contributed by atoms with Gasteiger partial charge in [-0.2, -0.15) is 0 Å². The Bertz CT molecular complexity index is 925. The summed E-state index contributed by atoms with van der Waals surface area (Å²) in [6.07, 6.45) is 4.97. The summed E-state index contributed by atoms with van der Waals surface area (Å²) in [4.78, 5) is 28.3. The van der Waals surface area contributed by atoms with Gasteiger partial charge in [0.05, 0.1) is 6.42 Å². The molecule has 166 valence electrons. The van der Waals surface area contributed by atoms with E-state index in [9.17, 15) is 9.59 Å². The maximum absolute atomic E-state index is 13.4. The van der Waals surface area contributed by atoms with Crippen LogP contribution in [0.2, 0.25) is 10.0 Å². The van der Waals surface area contributed by atoms with Crippen LogP contribution >= 0.6 is 23.2 Å². The number of nitrogens with zero attached hydrogens (tertiary/aromatic N) is 1. The van der Waals surface area contributed by atoms with Crippen molar-refractivity contribution in [3.05, 3.63) is 69.2 Å². The van der Waals surface area contributed by atoms with Gasteiger partial charge in [-0.3, -0.25) is 9.59 Å².